The van der Waals surface area contributed by atoms with Gasteiger partial charge >= 0.3 is 0 Å². The number of hydrogen-bond donors (Lipinski definition) is 2. The standard InChI is InChI=1S/C24H27N3O6S/c1-4-32-19-13-11-18(12-14-19)27(34(3,30)31)17(2)23(28)26-22-10-6-5-9-21(22)24(29)25-16-20-8-7-15-33-20/h5-15,17H,4,16H2,1-3H3,(H,25,29)(H,26,28). The van der Waals surface area contributed by atoms with E-state index in [2.05, 4.69) is 10.6 Å². The van der Waals surface area contributed by atoms with Crippen LogP contribution in [0.4, 0.5) is 11.4 Å². The molecule has 1 unspecified atom stereocenters. The van der Waals surface area contributed by atoms with Crippen molar-refractivity contribution < 1.29 is 27.2 Å². The second-order valence-electron chi connectivity index (χ2n) is 7.46. The molecule has 0 aliphatic carbocycles. The molecule has 10 heteroatoms. The molecule has 0 fully saturated rings. The number of benzene rings is 2. The van der Waals surface area contributed by atoms with Crippen molar-refractivity contribution in [1.82, 2.24) is 5.32 Å². The molecule has 0 aliphatic heterocycles. The van der Waals surface area contributed by atoms with Crippen LogP contribution in [0.2, 0.25) is 0 Å². The molecule has 0 saturated heterocycles. The molecule has 2 amide bonds. The van der Waals surface area contributed by atoms with E-state index in [0.29, 0.717) is 23.8 Å². The van der Waals surface area contributed by atoms with E-state index in [-0.39, 0.29) is 17.8 Å². The Labute approximate surface area is 198 Å². The molecule has 2 aromatic carbocycles. The number of carbonyl (C=O) groups excluding carboxylic acids is 2. The second kappa shape index (κ2) is 10.9. The maximum Gasteiger partial charge on any atom is 0.253 e. The average Bonchev–Trinajstić information content (AvgIpc) is 3.32. The third-order valence-electron chi connectivity index (χ3n) is 4.92. The van der Waals surface area contributed by atoms with Gasteiger partial charge in [-0.15, -0.1) is 0 Å². The highest BCUT2D eigenvalue weighted by Crippen LogP contribution is 2.25. The molecule has 0 radical (unpaired) electrons. The SMILES string of the molecule is CCOc1ccc(N(C(C)C(=O)Nc2ccccc2C(=O)NCc2ccco2)S(C)(=O)=O)cc1. The van der Waals surface area contributed by atoms with Crippen LogP contribution >= 0.6 is 0 Å². The molecule has 1 heterocycles. The fourth-order valence-electron chi connectivity index (χ4n) is 3.37. The monoisotopic (exact) mass is 485 g/mol. The van der Waals surface area contributed by atoms with E-state index in [1.165, 1.54) is 13.2 Å². The number of nitrogens with zero attached hydrogens (tertiary/aromatic N) is 1. The smallest absolute Gasteiger partial charge is 0.253 e. The van der Waals surface area contributed by atoms with Crippen molar-refractivity contribution in [3.63, 3.8) is 0 Å². The molecule has 9 nitrogen and oxygen atoms in total. The number of hydrogen-bond acceptors (Lipinski definition) is 6. The first-order valence-corrected chi connectivity index (χ1v) is 12.5. The van der Waals surface area contributed by atoms with E-state index in [4.69, 9.17) is 9.15 Å². The summed E-state index contributed by atoms with van der Waals surface area (Å²) < 4.78 is 36.7. The van der Waals surface area contributed by atoms with Crippen molar-refractivity contribution in [3.05, 3.63) is 78.3 Å². The van der Waals surface area contributed by atoms with Gasteiger partial charge in [-0.25, -0.2) is 8.42 Å². The number of rotatable bonds is 10. The zero-order valence-electron chi connectivity index (χ0n) is 19.1. The van der Waals surface area contributed by atoms with Crippen molar-refractivity contribution in [3.8, 4) is 5.75 Å². The lowest BCUT2D eigenvalue weighted by Gasteiger charge is -2.28. The molecule has 2 N–H and O–H groups in total. The summed E-state index contributed by atoms with van der Waals surface area (Å²) in [6, 6.07) is 15.3. The van der Waals surface area contributed by atoms with Gasteiger partial charge in [0.1, 0.15) is 17.6 Å². The molecule has 0 spiro atoms. The number of furan rings is 1. The van der Waals surface area contributed by atoms with Gasteiger partial charge in [-0.2, -0.15) is 0 Å². The van der Waals surface area contributed by atoms with Crippen LogP contribution in [0.15, 0.2) is 71.3 Å². The van der Waals surface area contributed by atoms with Crippen LogP contribution in [0.5, 0.6) is 5.75 Å². The summed E-state index contributed by atoms with van der Waals surface area (Å²) in [4.78, 5) is 25.8. The first-order valence-electron chi connectivity index (χ1n) is 10.6. The Morgan fingerprint density at radius 2 is 1.76 bits per heavy atom. The van der Waals surface area contributed by atoms with Crippen molar-refractivity contribution in [1.29, 1.82) is 0 Å². The quantitative estimate of drug-likeness (QED) is 0.454. The fraction of sp³-hybridized carbons (Fsp3) is 0.250. The molecule has 0 bridgehead atoms. The van der Waals surface area contributed by atoms with Crippen LogP contribution in [0.1, 0.15) is 30.0 Å². The van der Waals surface area contributed by atoms with Crippen LogP contribution in [0.3, 0.4) is 0 Å². The Morgan fingerprint density at radius 1 is 1.06 bits per heavy atom. The fourth-order valence-corrected chi connectivity index (χ4v) is 4.54. The Bertz CT molecular complexity index is 1220. The highest BCUT2D eigenvalue weighted by atomic mass is 32.2. The molecule has 34 heavy (non-hydrogen) atoms. The van der Waals surface area contributed by atoms with Crippen LogP contribution in [0.25, 0.3) is 0 Å². The minimum Gasteiger partial charge on any atom is -0.494 e. The summed E-state index contributed by atoms with van der Waals surface area (Å²) in [6.07, 6.45) is 2.54. The van der Waals surface area contributed by atoms with Gasteiger partial charge in [-0.3, -0.25) is 13.9 Å². The number of para-hydroxylation sites is 1. The van der Waals surface area contributed by atoms with Crippen LogP contribution < -0.4 is 19.7 Å². The first-order chi connectivity index (χ1) is 16.2. The number of sulfonamides is 1. The van der Waals surface area contributed by atoms with Crippen molar-refractivity contribution in [2.24, 2.45) is 0 Å². The minimum absolute atomic E-state index is 0.185. The molecule has 0 saturated carbocycles. The molecule has 3 aromatic rings. The Balaban J connectivity index is 1.78. The summed E-state index contributed by atoms with van der Waals surface area (Å²) in [7, 11) is -3.80. The Morgan fingerprint density at radius 3 is 2.38 bits per heavy atom. The second-order valence-corrected chi connectivity index (χ2v) is 9.32. The first kappa shape index (κ1) is 24.8. The largest absolute Gasteiger partial charge is 0.494 e. The van der Waals surface area contributed by atoms with E-state index < -0.39 is 27.9 Å². The highest BCUT2D eigenvalue weighted by Gasteiger charge is 2.30. The van der Waals surface area contributed by atoms with Gasteiger partial charge in [-0.05, 0) is 62.4 Å². The summed E-state index contributed by atoms with van der Waals surface area (Å²) in [5.74, 6) is 0.172. The molecule has 1 aromatic heterocycles. The van der Waals surface area contributed by atoms with Crippen LogP contribution in [-0.4, -0.2) is 39.1 Å². The molecule has 1 atom stereocenters. The van der Waals surface area contributed by atoms with E-state index in [1.807, 2.05) is 6.92 Å². The number of amides is 2. The van der Waals surface area contributed by atoms with Crippen molar-refractivity contribution in [2.45, 2.75) is 26.4 Å². The summed E-state index contributed by atoms with van der Waals surface area (Å²) in [6.45, 7) is 3.98. The maximum atomic E-state index is 13.1. The highest BCUT2D eigenvalue weighted by molar-refractivity contribution is 7.92. The number of carbonyl (C=O) groups is 2. The molecular weight excluding hydrogens is 458 g/mol. The van der Waals surface area contributed by atoms with Crippen LogP contribution in [0, 0.1) is 0 Å². The third kappa shape index (κ3) is 6.16. The molecular formula is C24H27N3O6S. The summed E-state index contributed by atoms with van der Waals surface area (Å²) in [5, 5.41) is 5.41. The van der Waals surface area contributed by atoms with Crippen molar-refractivity contribution >= 4 is 33.2 Å². The summed E-state index contributed by atoms with van der Waals surface area (Å²) >= 11 is 0. The number of ether oxygens (including phenoxy) is 1. The van der Waals surface area contributed by atoms with E-state index >= 15 is 0 Å². The van der Waals surface area contributed by atoms with Gasteiger partial charge < -0.3 is 19.8 Å². The lowest BCUT2D eigenvalue weighted by atomic mass is 10.1. The normalized spacial score (nSPS) is 12.0. The van der Waals surface area contributed by atoms with Gasteiger partial charge in [0.05, 0.1) is 42.6 Å². The van der Waals surface area contributed by atoms with E-state index in [1.54, 1.807) is 60.7 Å². The third-order valence-corrected chi connectivity index (χ3v) is 6.17. The van der Waals surface area contributed by atoms with E-state index in [9.17, 15) is 18.0 Å². The predicted octanol–water partition coefficient (Wildman–Crippen LogP) is 3.40. The van der Waals surface area contributed by atoms with Gasteiger partial charge in [0, 0.05) is 0 Å². The predicted molar refractivity (Wildman–Crippen MR) is 129 cm³/mol. The minimum atomic E-state index is -3.80. The number of nitrogens with one attached hydrogen (secondary N) is 2. The van der Waals surface area contributed by atoms with Crippen LogP contribution in [-0.2, 0) is 21.4 Å². The van der Waals surface area contributed by atoms with E-state index in [0.717, 1.165) is 10.6 Å². The Kier molecular flexibility index (Phi) is 7.95. The molecule has 3 rings (SSSR count). The zero-order chi connectivity index (χ0) is 24.7. The maximum absolute atomic E-state index is 13.1. The molecule has 0 aliphatic rings. The average molecular weight is 486 g/mol. The lowest BCUT2D eigenvalue weighted by Crippen LogP contribution is -2.45. The van der Waals surface area contributed by atoms with Gasteiger partial charge in [-0.1, -0.05) is 12.1 Å². The summed E-state index contributed by atoms with van der Waals surface area (Å²) in [5.41, 5.74) is 0.816. The van der Waals surface area contributed by atoms with Gasteiger partial charge in [0.2, 0.25) is 15.9 Å². The Hall–Kier alpha value is -3.79. The zero-order valence-corrected chi connectivity index (χ0v) is 20.0. The lowest BCUT2D eigenvalue weighted by molar-refractivity contribution is -0.116. The van der Waals surface area contributed by atoms with Gasteiger partial charge in [0.25, 0.3) is 5.91 Å². The van der Waals surface area contributed by atoms with Crippen molar-refractivity contribution in [2.75, 3.05) is 22.5 Å². The topological polar surface area (TPSA) is 118 Å². The van der Waals surface area contributed by atoms with Gasteiger partial charge in [0.15, 0.2) is 0 Å². The number of anilines is 2. The molecule has 180 valence electrons.